The van der Waals surface area contributed by atoms with E-state index in [1.54, 1.807) is 30.3 Å². The van der Waals surface area contributed by atoms with Gasteiger partial charge in [-0.1, -0.05) is 18.2 Å². The van der Waals surface area contributed by atoms with E-state index in [0.29, 0.717) is 29.9 Å². The van der Waals surface area contributed by atoms with Gasteiger partial charge < -0.3 is 5.32 Å². The molecule has 1 saturated heterocycles. The molecular weight excluding hydrogens is 344 g/mol. The van der Waals surface area contributed by atoms with Crippen LogP contribution >= 0.6 is 11.8 Å². The minimum atomic E-state index is -3.23. The molecule has 3 rings (SSSR count). The molecule has 0 aliphatic carbocycles. The Morgan fingerprint density at radius 1 is 1.17 bits per heavy atom. The summed E-state index contributed by atoms with van der Waals surface area (Å²) in [4.78, 5) is 13.4. The van der Waals surface area contributed by atoms with Crippen LogP contribution in [0, 0.1) is 0 Å². The van der Waals surface area contributed by atoms with Crippen LogP contribution in [0.3, 0.4) is 0 Å². The van der Waals surface area contributed by atoms with Gasteiger partial charge in [0.1, 0.15) is 0 Å². The van der Waals surface area contributed by atoms with E-state index in [1.807, 2.05) is 24.5 Å². The molecule has 1 fully saturated rings. The highest BCUT2D eigenvalue weighted by Crippen LogP contribution is 2.27. The largest absolute Gasteiger partial charge is 0.322 e. The molecule has 0 radical (unpaired) electrons. The number of carbonyl (C=O) groups is 1. The van der Waals surface area contributed by atoms with Crippen LogP contribution < -0.4 is 9.62 Å². The lowest BCUT2D eigenvalue weighted by atomic mass is 10.2. The summed E-state index contributed by atoms with van der Waals surface area (Å²) < 4.78 is 25.5. The van der Waals surface area contributed by atoms with Crippen molar-refractivity contribution in [3.63, 3.8) is 0 Å². The first-order valence-corrected chi connectivity index (χ1v) is 10.4. The number of hydrogen-bond acceptors (Lipinski definition) is 4. The monoisotopic (exact) mass is 362 g/mol. The average molecular weight is 362 g/mol. The molecule has 2 aromatic rings. The summed E-state index contributed by atoms with van der Waals surface area (Å²) in [5.41, 5.74) is 1.77. The molecule has 1 heterocycles. The van der Waals surface area contributed by atoms with Crippen LogP contribution in [0.15, 0.2) is 53.4 Å². The second-order valence-corrected chi connectivity index (χ2v) is 8.31. The first-order valence-electron chi connectivity index (χ1n) is 7.56. The maximum atomic E-state index is 12.5. The summed E-state index contributed by atoms with van der Waals surface area (Å²) in [6, 6.07) is 14.3. The minimum absolute atomic E-state index is 0.171. The van der Waals surface area contributed by atoms with Gasteiger partial charge in [-0.2, -0.15) is 0 Å². The summed E-state index contributed by atoms with van der Waals surface area (Å²) in [6.07, 6.45) is 2.55. The van der Waals surface area contributed by atoms with E-state index in [0.717, 1.165) is 4.90 Å². The van der Waals surface area contributed by atoms with Crippen LogP contribution in [0.2, 0.25) is 0 Å². The van der Waals surface area contributed by atoms with Crippen molar-refractivity contribution in [2.45, 2.75) is 11.3 Å². The third-order valence-electron chi connectivity index (χ3n) is 3.84. The molecule has 5 nitrogen and oxygen atoms in total. The number of sulfonamides is 1. The topological polar surface area (TPSA) is 66.5 Å². The molecule has 0 unspecified atom stereocenters. The molecular formula is C17H18N2O3S2. The lowest BCUT2D eigenvalue weighted by molar-refractivity contribution is 0.102. The summed E-state index contributed by atoms with van der Waals surface area (Å²) in [5, 5.41) is 2.85. The van der Waals surface area contributed by atoms with E-state index < -0.39 is 10.0 Å². The van der Waals surface area contributed by atoms with Crippen LogP contribution in [0.25, 0.3) is 0 Å². The van der Waals surface area contributed by atoms with Crippen LogP contribution in [-0.4, -0.2) is 32.9 Å². The van der Waals surface area contributed by atoms with Crippen molar-refractivity contribution < 1.29 is 13.2 Å². The smallest absolute Gasteiger partial charge is 0.256 e. The predicted octanol–water partition coefficient (Wildman–Crippen LogP) is 3.20. The summed E-state index contributed by atoms with van der Waals surface area (Å²) >= 11 is 1.51. The number of nitrogens with zero attached hydrogens (tertiary/aromatic N) is 1. The minimum Gasteiger partial charge on any atom is -0.322 e. The van der Waals surface area contributed by atoms with Gasteiger partial charge >= 0.3 is 0 Å². The number of nitrogens with one attached hydrogen (secondary N) is 1. The Kier molecular flexibility index (Phi) is 4.82. The highest BCUT2D eigenvalue weighted by molar-refractivity contribution is 7.98. The van der Waals surface area contributed by atoms with Crippen molar-refractivity contribution in [2.75, 3.05) is 28.2 Å². The van der Waals surface area contributed by atoms with E-state index in [9.17, 15) is 13.2 Å². The van der Waals surface area contributed by atoms with Crippen LogP contribution in [0.5, 0.6) is 0 Å². The van der Waals surface area contributed by atoms with Crippen LogP contribution in [0.4, 0.5) is 11.4 Å². The van der Waals surface area contributed by atoms with Crippen molar-refractivity contribution >= 4 is 39.1 Å². The molecule has 2 aromatic carbocycles. The molecule has 1 aliphatic rings. The Balaban J connectivity index is 1.84. The standard InChI is InChI=1S/C17H18N2O3S2/c1-23-16-9-3-2-8-15(16)17(20)18-13-6-4-7-14(12-13)19-10-5-11-24(19,21)22/h2-4,6-9,12H,5,10-11H2,1H3,(H,18,20). The molecule has 1 N–H and O–H groups in total. The number of anilines is 2. The van der Waals surface area contributed by atoms with Crippen molar-refractivity contribution in [1.82, 2.24) is 0 Å². The van der Waals surface area contributed by atoms with E-state index >= 15 is 0 Å². The Bertz CT molecular complexity index is 866. The van der Waals surface area contributed by atoms with Gasteiger partial charge in [-0.05, 0) is 43.0 Å². The Morgan fingerprint density at radius 2 is 1.96 bits per heavy atom. The lowest BCUT2D eigenvalue weighted by Gasteiger charge is -2.18. The maximum absolute atomic E-state index is 12.5. The van der Waals surface area contributed by atoms with Gasteiger partial charge in [0.15, 0.2) is 0 Å². The number of carbonyl (C=O) groups excluding carboxylic acids is 1. The van der Waals surface area contributed by atoms with Gasteiger partial charge in [-0.15, -0.1) is 11.8 Å². The third-order valence-corrected chi connectivity index (χ3v) is 6.51. The zero-order valence-corrected chi connectivity index (χ0v) is 14.9. The summed E-state index contributed by atoms with van der Waals surface area (Å²) in [7, 11) is -3.23. The van der Waals surface area contributed by atoms with Gasteiger partial charge in [0.05, 0.1) is 17.0 Å². The Labute approximate surface area is 146 Å². The Morgan fingerprint density at radius 3 is 2.67 bits per heavy atom. The van der Waals surface area contributed by atoms with Crippen molar-refractivity contribution in [3.8, 4) is 0 Å². The van der Waals surface area contributed by atoms with Gasteiger partial charge in [-0.3, -0.25) is 9.10 Å². The second kappa shape index (κ2) is 6.86. The normalized spacial score (nSPS) is 16.1. The quantitative estimate of drug-likeness (QED) is 0.848. The fraction of sp³-hybridized carbons (Fsp3) is 0.235. The first kappa shape index (κ1) is 16.9. The average Bonchev–Trinajstić information content (AvgIpc) is 2.94. The van der Waals surface area contributed by atoms with Gasteiger partial charge in [0, 0.05) is 17.1 Å². The highest BCUT2D eigenvalue weighted by Gasteiger charge is 2.28. The summed E-state index contributed by atoms with van der Waals surface area (Å²) in [6.45, 7) is 0.481. The predicted molar refractivity (Wildman–Crippen MR) is 98.4 cm³/mol. The zero-order valence-electron chi connectivity index (χ0n) is 13.2. The van der Waals surface area contributed by atoms with E-state index in [2.05, 4.69) is 5.32 Å². The van der Waals surface area contributed by atoms with E-state index in [4.69, 9.17) is 0 Å². The molecule has 0 saturated carbocycles. The molecule has 24 heavy (non-hydrogen) atoms. The molecule has 0 bridgehead atoms. The molecule has 0 atom stereocenters. The number of thioether (sulfide) groups is 1. The van der Waals surface area contributed by atoms with Crippen molar-refractivity contribution in [2.24, 2.45) is 0 Å². The first-order chi connectivity index (χ1) is 11.5. The zero-order chi connectivity index (χ0) is 17.2. The fourth-order valence-corrected chi connectivity index (χ4v) is 4.85. The number of rotatable bonds is 4. The third kappa shape index (κ3) is 3.42. The molecule has 7 heteroatoms. The molecule has 1 amide bonds. The number of hydrogen-bond donors (Lipinski definition) is 1. The van der Waals surface area contributed by atoms with Crippen LogP contribution in [0.1, 0.15) is 16.8 Å². The van der Waals surface area contributed by atoms with E-state index in [1.165, 1.54) is 16.1 Å². The SMILES string of the molecule is CSc1ccccc1C(=O)Nc1cccc(N2CCCS2(=O)=O)c1. The van der Waals surface area contributed by atoms with Gasteiger partial charge in [0.2, 0.25) is 10.0 Å². The molecule has 126 valence electrons. The lowest BCUT2D eigenvalue weighted by Crippen LogP contribution is -2.25. The number of amides is 1. The maximum Gasteiger partial charge on any atom is 0.256 e. The molecule has 1 aliphatic heterocycles. The van der Waals surface area contributed by atoms with Crippen molar-refractivity contribution in [3.05, 3.63) is 54.1 Å². The van der Waals surface area contributed by atoms with E-state index in [-0.39, 0.29) is 11.7 Å². The van der Waals surface area contributed by atoms with Gasteiger partial charge in [0.25, 0.3) is 5.91 Å². The van der Waals surface area contributed by atoms with Gasteiger partial charge in [-0.25, -0.2) is 8.42 Å². The number of benzene rings is 2. The fourth-order valence-electron chi connectivity index (χ4n) is 2.70. The van der Waals surface area contributed by atoms with Crippen molar-refractivity contribution in [1.29, 1.82) is 0 Å². The van der Waals surface area contributed by atoms with Crippen LogP contribution in [-0.2, 0) is 10.0 Å². The summed E-state index contributed by atoms with van der Waals surface area (Å²) in [5.74, 6) is -0.0357. The second-order valence-electron chi connectivity index (χ2n) is 5.45. The highest BCUT2D eigenvalue weighted by atomic mass is 32.2. The molecule has 0 aromatic heterocycles. The Hall–Kier alpha value is -1.99. The molecule has 0 spiro atoms.